The number of hydrogen-bond acceptors (Lipinski definition) is 5. The van der Waals surface area contributed by atoms with Crippen molar-refractivity contribution in [3.8, 4) is 0 Å². The summed E-state index contributed by atoms with van der Waals surface area (Å²) in [4.78, 5) is 21.0. The van der Waals surface area contributed by atoms with Crippen LogP contribution in [0.5, 0.6) is 0 Å². The third-order valence-electron chi connectivity index (χ3n) is 1.29. The maximum Gasteiger partial charge on any atom is 0.522 e. The normalized spacial score (nSPS) is 11.0. The maximum absolute atomic E-state index is 11.5. The van der Waals surface area contributed by atoms with Gasteiger partial charge in [0.2, 0.25) is 0 Å². The maximum atomic E-state index is 11.5. The molecule has 0 aromatic rings. The molecular weight excluding hydrogens is 235 g/mol. The lowest BCUT2D eigenvalue weighted by atomic mass is 10.6. The van der Waals surface area contributed by atoms with Gasteiger partial charge in [0.25, 0.3) is 0 Å². The molecule has 94 valence electrons. The Morgan fingerprint density at radius 2 is 2.12 bits per heavy atom. The number of ether oxygens (including phenoxy) is 1. The number of nitrogens with one attached hydrogen (secondary N) is 1. The molecule has 0 spiro atoms. The van der Waals surface area contributed by atoms with Crippen molar-refractivity contribution in [1.82, 2.24) is 10.3 Å². The SMILES string of the molecule is O=NN(CCOC(F)(F)F)C(=O)NCCO. The number of aliphatic hydroxyl groups excluding tert-OH is 1. The summed E-state index contributed by atoms with van der Waals surface area (Å²) < 4.78 is 37.9. The molecule has 0 saturated heterocycles. The van der Waals surface area contributed by atoms with E-state index >= 15 is 0 Å². The van der Waals surface area contributed by atoms with E-state index in [2.05, 4.69) is 10.0 Å². The van der Waals surface area contributed by atoms with Gasteiger partial charge in [0, 0.05) is 6.54 Å². The van der Waals surface area contributed by atoms with Crippen LogP contribution in [0.1, 0.15) is 0 Å². The molecule has 2 amide bonds. The van der Waals surface area contributed by atoms with E-state index in [9.17, 15) is 22.9 Å². The number of alkyl halides is 3. The topological polar surface area (TPSA) is 91.2 Å². The number of hydrogen-bond donors (Lipinski definition) is 2. The minimum Gasteiger partial charge on any atom is -0.395 e. The fraction of sp³-hybridized carbons (Fsp3) is 0.833. The van der Waals surface area contributed by atoms with Gasteiger partial charge >= 0.3 is 12.4 Å². The highest BCUT2D eigenvalue weighted by atomic mass is 19.4. The fourth-order valence-electron chi connectivity index (χ4n) is 0.681. The summed E-state index contributed by atoms with van der Waals surface area (Å²) in [6, 6.07) is -1.00. The average molecular weight is 245 g/mol. The van der Waals surface area contributed by atoms with Crippen LogP contribution in [0.3, 0.4) is 0 Å². The second-order valence-corrected chi connectivity index (χ2v) is 2.45. The second kappa shape index (κ2) is 6.95. The summed E-state index contributed by atoms with van der Waals surface area (Å²) in [6.07, 6.45) is -4.82. The van der Waals surface area contributed by atoms with E-state index < -0.39 is 25.5 Å². The lowest BCUT2D eigenvalue weighted by Gasteiger charge is -2.14. The summed E-state index contributed by atoms with van der Waals surface area (Å²) in [5.41, 5.74) is 0. The van der Waals surface area contributed by atoms with Crippen molar-refractivity contribution in [2.75, 3.05) is 26.3 Å². The van der Waals surface area contributed by atoms with Crippen LogP contribution in [0.25, 0.3) is 0 Å². The number of nitrogens with zero attached hydrogens (tertiary/aromatic N) is 2. The Morgan fingerprint density at radius 1 is 1.50 bits per heavy atom. The van der Waals surface area contributed by atoms with Crippen LogP contribution in [0.2, 0.25) is 0 Å². The van der Waals surface area contributed by atoms with Crippen LogP contribution < -0.4 is 5.32 Å². The molecule has 0 bridgehead atoms. The number of halogens is 3. The van der Waals surface area contributed by atoms with Crippen LogP contribution in [0, 0.1) is 4.91 Å². The van der Waals surface area contributed by atoms with E-state index in [0.29, 0.717) is 0 Å². The Bertz CT molecular complexity index is 236. The second-order valence-electron chi connectivity index (χ2n) is 2.45. The van der Waals surface area contributed by atoms with Crippen LogP contribution in [0.4, 0.5) is 18.0 Å². The zero-order valence-corrected chi connectivity index (χ0v) is 8.03. The van der Waals surface area contributed by atoms with E-state index in [0.717, 1.165) is 0 Å². The Morgan fingerprint density at radius 3 is 2.56 bits per heavy atom. The van der Waals surface area contributed by atoms with E-state index in [1.54, 1.807) is 0 Å². The minimum atomic E-state index is -4.82. The molecule has 16 heavy (non-hydrogen) atoms. The number of amides is 2. The molecule has 0 heterocycles. The number of carbonyl (C=O) groups excluding carboxylic acids is 1. The standard InChI is InChI=1S/C6H10F3N3O4/c7-6(8,9)16-4-2-12(11-15)5(14)10-1-3-13/h13H,1-4H2,(H,10,14). The molecule has 0 rings (SSSR count). The van der Waals surface area contributed by atoms with Gasteiger partial charge in [-0.2, -0.15) is 5.01 Å². The van der Waals surface area contributed by atoms with Crippen LogP contribution in [-0.2, 0) is 4.74 Å². The molecule has 0 atom stereocenters. The highest BCUT2D eigenvalue weighted by Crippen LogP contribution is 2.15. The molecule has 0 aliphatic rings. The summed E-state index contributed by atoms with van der Waals surface area (Å²) in [5, 5.41) is 12.8. The molecule has 0 aromatic carbocycles. The van der Waals surface area contributed by atoms with Crippen molar-refractivity contribution < 1.29 is 27.8 Å². The van der Waals surface area contributed by atoms with Crippen LogP contribution in [0.15, 0.2) is 5.29 Å². The van der Waals surface area contributed by atoms with Crippen molar-refractivity contribution in [3.05, 3.63) is 4.91 Å². The summed E-state index contributed by atoms with van der Waals surface area (Å²) in [7, 11) is 0. The lowest BCUT2D eigenvalue weighted by Crippen LogP contribution is -2.39. The van der Waals surface area contributed by atoms with Crippen molar-refractivity contribution in [1.29, 1.82) is 0 Å². The van der Waals surface area contributed by atoms with Gasteiger partial charge in [-0.15, -0.1) is 18.1 Å². The molecule has 0 fully saturated rings. The van der Waals surface area contributed by atoms with Crippen LogP contribution >= 0.6 is 0 Å². The third-order valence-corrected chi connectivity index (χ3v) is 1.29. The number of urea groups is 1. The first-order valence-corrected chi connectivity index (χ1v) is 4.11. The Balaban J connectivity index is 3.91. The minimum absolute atomic E-state index is 0.134. The van der Waals surface area contributed by atoms with E-state index in [4.69, 9.17) is 5.11 Å². The Labute approximate surface area is 88.1 Å². The van der Waals surface area contributed by atoms with Crippen molar-refractivity contribution in [3.63, 3.8) is 0 Å². The van der Waals surface area contributed by atoms with Crippen molar-refractivity contribution in [2.45, 2.75) is 6.36 Å². The number of carbonyl (C=O) groups is 1. The highest BCUT2D eigenvalue weighted by Gasteiger charge is 2.29. The molecule has 10 heteroatoms. The first kappa shape index (κ1) is 14.6. The van der Waals surface area contributed by atoms with Gasteiger partial charge in [-0.3, -0.25) is 4.74 Å². The van der Waals surface area contributed by atoms with E-state index in [1.165, 1.54) is 0 Å². The molecule has 0 radical (unpaired) electrons. The Hall–Kier alpha value is -1.42. The monoisotopic (exact) mass is 245 g/mol. The first-order valence-electron chi connectivity index (χ1n) is 4.11. The van der Waals surface area contributed by atoms with Gasteiger partial charge in [-0.25, -0.2) is 4.79 Å². The summed E-state index contributed by atoms with van der Waals surface area (Å²) in [5.74, 6) is 0. The van der Waals surface area contributed by atoms with Gasteiger partial charge in [0.1, 0.15) is 0 Å². The smallest absolute Gasteiger partial charge is 0.395 e. The zero-order valence-electron chi connectivity index (χ0n) is 8.03. The number of nitroso groups, excluding NO2 is 1. The first-order chi connectivity index (χ1) is 7.40. The lowest BCUT2D eigenvalue weighted by molar-refractivity contribution is -0.324. The highest BCUT2D eigenvalue weighted by molar-refractivity contribution is 5.73. The summed E-state index contributed by atoms with van der Waals surface area (Å²) >= 11 is 0. The predicted octanol–water partition coefficient (Wildman–Crippen LogP) is 0.208. The van der Waals surface area contributed by atoms with Gasteiger partial charge in [-0.05, 0) is 0 Å². The van der Waals surface area contributed by atoms with Crippen LogP contribution in [-0.4, -0.2) is 48.8 Å². The molecule has 0 aliphatic carbocycles. The summed E-state index contributed by atoms with van der Waals surface area (Å²) in [6.45, 7) is -2.04. The fourth-order valence-corrected chi connectivity index (χ4v) is 0.681. The van der Waals surface area contributed by atoms with Gasteiger partial charge in [-0.1, -0.05) is 0 Å². The van der Waals surface area contributed by atoms with Crippen molar-refractivity contribution in [2.24, 2.45) is 5.29 Å². The molecule has 0 saturated carbocycles. The third kappa shape index (κ3) is 6.95. The largest absolute Gasteiger partial charge is 0.522 e. The molecule has 7 nitrogen and oxygen atoms in total. The van der Waals surface area contributed by atoms with E-state index in [-0.39, 0.29) is 18.2 Å². The molecular formula is C6H10F3N3O4. The average Bonchev–Trinajstić information content (AvgIpc) is 2.19. The molecule has 0 aliphatic heterocycles. The quantitative estimate of drug-likeness (QED) is 0.516. The van der Waals surface area contributed by atoms with E-state index in [1.807, 2.05) is 5.32 Å². The number of rotatable bonds is 6. The van der Waals surface area contributed by atoms with Gasteiger partial charge in [0.15, 0.2) is 0 Å². The van der Waals surface area contributed by atoms with Gasteiger partial charge < -0.3 is 10.4 Å². The Kier molecular flexibility index (Phi) is 6.34. The zero-order chi connectivity index (χ0) is 12.6. The predicted molar refractivity (Wildman–Crippen MR) is 45.0 cm³/mol. The van der Waals surface area contributed by atoms with Crippen molar-refractivity contribution >= 4 is 6.03 Å². The number of aliphatic hydroxyl groups is 1. The van der Waals surface area contributed by atoms with Gasteiger partial charge in [0.05, 0.1) is 25.0 Å². The molecule has 0 aromatic heterocycles. The molecule has 2 N–H and O–H groups in total. The molecule has 0 unspecified atom stereocenters.